The molecule has 0 saturated carbocycles. The predicted molar refractivity (Wildman–Crippen MR) is 76.2 cm³/mol. The number of benzene rings is 1. The molecular formula is C14H14N2O2S. The highest BCUT2D eigenvalue weighted by molar-refractivity contribution is 7.13. The zero-order valence-electron chi connectivity index (χ0n) is 10.4. The molecule has 98 valence electrons. The zero-order chi connectivity index (χ0) is 13.7. The molecular weight excluding hydrogens is 260 g/mol. The van der Waals surface area contributed by atoms with E-state index in [0.717, 1.165) is 4.88 Å². The lowest BCUT2D eigenvalue weighted by molar-refractivity contribution is -0.129. The van der Waals surface area contributed by atoms with Crippen LogP contribution in [0.3, 0.4) is 0 Å². The Morgan fingerprint density at radius 3 is 2.68 bits per heavy atom. The molecule has 1 heterocycles. The van der Waals surface area contributed by atoms with Gasteiger partial charge in [0.2, 0.25) is 0 Å². The van der Waals surface area contributed by atoms with E-state index in [1.807, 2.05) is 25.1 Å². The summed E-state index contributed by atoms with van der Waals surface area (Å²) >= 11 is 1.58. The Hall–Kier alpha value is -1.98. The third-order valence-electron chi connectivity index (χ3n) is 2.49. The van der Waals surface area contributed by atoms with Crippen LogP contribution < -0.4 is 5.43 Å². The highest BCUT2D eigenvalue weighted by atomic mass is 32.1. The van der Waals surface area contributed by atoms with Gasteiger partial charge in [-0.25, -0.2) is 5.43 Å². The summed E-state index contributed by atoms with van der Waals surface area (Å²) in [5, 5.41) is 13.6. The highest BCUT2D eigenvalue weighted by Gasteiger charge is 2.15. The van der Waals surface area contributed by atoms with Gasteiger partial charge in [0.1, 0.15) is 0 Å². The molecule has 1 atom stereocenters. The van der Waals surface area contributed by atoms with Gasteiger partial charge in [-0.1, -0.05) is 30.3 Å². The van der Waals surface area contributed by atoms with Crippen LogP contribution in [0.5, 0.6) is 0 Å². The van der Waals surface area contributed by atoms with E-state index >= 15 is 0 Å². The maximum atomic E-state index is 11.7. The molecule has 2 rings (SSSR count). The second-order valence-corrected chi connectivity index (χ2v) is 5.32. The van der Waals surface area contributed by atoms with Crippen LogP contribution in [0.25, 0.3) is 0 Å². The minimum absolute atomic E-state index is 0.544. The molecule has 2 N–H and O–H groups in total. The molecule has 2 aromatic rings. The molecule has 1 aromatic heterocycles. The molecule has 4 nitrogen and oxygen atoms in total. The van der Waals surface area contributed by atoms with E-state index < -0.39 is 12.0 Å². The molecule has 1 amide bonds. The Morgan fingerprint density at radius 2 is 2.05 bits per heavy atom. The first-order valence-electron chi connectivity index (χ1n) is 5.79. The minimum atomic E-state index is -1.21. The summed E-state index contributed by atoms with van der Waals surface area (Å²) < 4.78 is 0. The summed E-state index contributed by atoms with van der Waals surface area (Å²) in [6.45, 7) is 2.00. The van der Waals surface area contributed by atoms with Gasteiger partial charge in [-0.3, -0.25) is 4.79 Å². The van der Waals surface area contributed by atoms with E-state index in [-0.39, 0.29) is 0 Å². The minimum Gasteiger partial charge on any atom is -0.378 e. The number of amides is 1. The molecule has 0 bridgehead atoms. The lowest BCUT2D eigenvalue weighted by Crippen LogP contribution is -2.25. The normalized spacial score (nSPS) is 12.5. The first-order valence-corrected chi connectivity index (χ1v) is 6.61. The third kappa shape index (κ3) is 3.74. The summed E-state index contributed by atoms with van der Waals surface area (Å²) in [6.07, 6.45) is 0.358. The van der Waals surface area contributed by atoms with Crippen LogP contribution in [-0.2, 0) is 4.79 Å². The molecule has 0 aliphatic carbocycles. The Morgan fingerprint density at radius 1 is 1.32 bits per heavy atom. The van der Waals surface area contributed by atoms with E-state index in [2.05, 4.69) is 10.5 Å². The van der Waals surface area contributed by atoms with Crippen molar-refractivity contribution in [3.63, 3.8) is 0 Å². The van der Waals surface area contributed by atoms with E-state index in [4.69, 9.17) is 0 Å². The van der Waals surface area contributed by atoms with E-state index in [9.17, 15) is 9.90 Å². The Kier molecular flexibility index (Phi) is 4.43. The second-order valence-electron chi connectivity index (χ2n) is 4.00. The average Bonchev–Trinajstić information content (AvgIpc) is 2.84. The number of rotatable bonds is 4. The first kappa shape index (κ1) is 13.5. The molecule has 0 unspecified atom stereocenters. The average molecular weight is 274 g/mol. The van der Waals surface area contributed by atoms with Crippen molar-refractivity contribution < 1.29 is 9.90 Å². The van der Waals surface area contributed by atoms with Gasteiger partial charge in [-0.2, -0.15) is 5.10 Å². The summed E-state index contributed by atoms with van der Waals surface area (Å²) in [4.78, 5) is 13.8. The number of aliphatic hydroxyl groups excluding tert-OH is 1. The number of nitrogens with one attached hydrogen (secondary N) is 1. The van der Waals surface area contributed by atoms with Gasteiger partial charge in [0, 0.05) is 9.75 Å². The lowest BCUT2D eigenvalue weighted by atomic mass is 10.1. The number of carbonyl (C=O) groups is 1. The zero-order valence-corrected chi connectivity index (χ0v) is 11.2. The molecule has 0 spiro atoms. The van der Waals surface area contributed by atoms with Gasteiger partial charge in [-0.05, 0) is 24.6 Å². The van der Waals surface area contributed by atoms with E-state index in [1.54, 1.807) is 41.8 Å². The number of hydrogen-bond donors (Lipinski definition) is 2. The van der Waals surface area contributed by atoms with Crippen LogP contribution in [0.2, 0.25) is 0 Å². The number of carbonyl (C=O) groups excluding carboxylic acids is 1. The van der Waals surface area contributed by atoms with Crippen LogP contribution in [0.1, 0.15) is 21.4 Å². The smallest absolute Gasteiger partial charge is 0.273 e. The van der Waals surface area contributed by atoms with Crippen molar-refractivity contribution in [2.24, 2.45) is 5.10 Å². The van der Waals surface area contributed by atoms with Crippen molar-refractivity contribution in [3.8, 4) is 0 Å². The summed E-state index contributed by atoms with van der Waals surface area (Å²) in [5.74, 6) is -0.546. The summed E-state index contributed by atoms with van der Waals surface area (Å²) in [6, 6.07) is 12.6. The largest absolute Gasteiger partial charge is 0.378 e. The van der Waals surface area contributed by atoms with Gasteiger partial charge in [-0.15, -0.1) is 11.3 Å². The van der Waals surface area contributed by atoms with E-state index in [1.165, 1.54) is 4.88 Å². The maximum absolute atomic E-state index is 11.7. The maximum Gasteiger partial charge on any atom is 0.273 e. The number of nitrogens with zero attached hydrogens (tertiary/aromatic N) is 1. The standard InChI is InChI=1S/C14H14N2O2S/c1-10-7-8-12(19-10)9-15-16-14(18)13(17)11-5-3-2-4-6-11/h2-9,13,17H,1H3,(H,16,18)/b15-9-/t13-/m1/s1. The number of aryl methyl sites for hydroxylation is 1. The molecule has 1 aromatic carbocycles. The van der Waals surface area contributed by atoms with Gasteiger partial charge < -0.3 is 5.11 Å². The quantitative estimate of drug-likeness (QED) is 0.663. The molecule has 0 aliphatic rings. The number of hydrazone groups is 1. The second kappa shape index (κ2) is 6.26. The Balaban J connectivity index is 1.93. The van der Waals surface area contributed by atoms with Crippen LogP contribution in [0, 0.1) is 6.92 Å². The summed E-state index contributed by atoms with van der Waals surface area (Å²) in [7, 11) is 0. The van der Waals surface area contributed by atoms with Crippen LogP contribution >= 0.6 is 11.3 Å². The van der Waals surface area contributed by atoms with Crippen molar-refractivity contribution in [1.82, 2.24) is 5.43 Å². The van der Waals surface area contributed by atoms with Gasteiger partial charge in [0.15, 0.2) is 6.10 Å². The van der Waals surface area contributed by atoms with Crippen LogP contribution in [-0.4, -0.2) is 17.2 Å². The molecule has 19 heavy (non-hydrogen) atoms. The fourth-order valence-corrected chi connectivity index (χ4v) is 2.28. The van der Waals surface area contributed by atoms with Crippen LogP contribution in [0.15, 0.2) is 47.6 Å². The van der Waals surface area contributed by atoms with Crippen molar-refractivity contribution >= 4 is 23.5 Å². The number of aliphatic hydroxyl groups is 1. The fourth-order valence-electron chi connectivity index (χ4n) is 1.53. The SMILES string of the molecule is Cc1ccc(/C=N\NC(=O)[C@H](O)c2ccccc2)s1. The Labute approximate surface area is 115 Å². The third-order valence-corrected chi connectivity index (χ3v) is 3.43. The van der Waals surface area contributed by atoms with Gasteiger partial charge in [0.25, 0.3) is 5.91 Å². The van der Waals surface area contributed by atoms with Crippen LogP contribution in [0.4, 0.5) is 0 Å². The molecule has 0 radical (unpaired) electrons. The van der Waals surface area contributed by atoms with Crippen molar-refractivity contribution in [2.45, 2.75) is 13.0 Å². The molecule has 0 saturated heterocycles. The van der Waals surface area contributed by atoms with Gasteiger partial charge in [0.05, 0.1) is 6.21 Å². The van der Waals surface area contributed by atoms with Crippen molar-refractivity contribution in [3.05, 3.63) is 57.8 Å². The predicted octanol–water partition coefficient (Wildman–Crippen LogP) is 2.24. The molecule has 0 aliphatic heterocycles. The molecule has 0 fully saturated rings. The van der Waals surface area contributed by atoms with Gasteiger partial charge >= 0.3 is 0 Å². The monoisotopic (exact) mass is 274 g/mol. The first-order chi connectivity index (χ1) is 9.16. The lowest BCUT2D eigenvalue weighted by Gasteiger charge is -2.08. The van der Waals surface area contributed by atoms with Crippen molar-refractivity contribution in [1.29, 1.82) is 0 Å². The topological polar surface area (TPSA) is 61.7 Å². The Bertz CT molecular complexity index is 578. The number of hydrogen-bond acceptors (Lipinski definition) is 4. The molecule has 5 heteroatoms. The summed E-state index contributed by atoms with van der Waals surface area (Å²) in [5.41, 5.74) is 2.87. The van der Waals surface area contributed by atoms with E-state index in [0.29, 0.717) is 5.56 Å². The fraction of sp³-hybridized carbons (Fsp3) is 0.143. The number of thiophene rings is 1. The van der Waals surface area contributed by atoms with Crippen molar-refractivity contribution in [2.75, 3.05) is 0 Å². The highest BCUT2D eigenvalue weighted by Crippen LogP contribution is 2.13.